The summed E-state index contributed by atoms with van der Waals surface area (Å²) in [6.45, 7) is 4.18. The minimum absolute atomic E-state index is 0.0682. The van der Waals surface area contributed by atoms with Crippen molar-refractivity contribution < 1.29 is 5.11 Å². The molecule has 0 radical (unpaired) electrons. The molecule has 3 rings (SSSR count). The zero-order valence-electron chi connectivity index (χ0n) is 12.1. The van der Waals surface area contributed by atoms with E-state index >= 15 is 0 Å². The van der Waals surface area contributed by atoms with Crippen molar-refractivity contribution in [3.63, 3.8) is 0 Å². The average Bonchev–Trinajstić information content (AvgIpc) is 2.67. The van der Waals surface area contributed by atoms with Gasteiger partial charge in [0.2, 0.25) is 0 Å². The highest BCUT2D eigenvalue weighted by Crippen LogP contribution is 2.44. The highest BCUT2D eigenvalue weighted by atomic mass is 16.3. The molecule has 0 fully saturated rings. The van der Waals surface area contributed by atoms with Gasteiger partial charge in [-0.2, -0.15) is 0 Å². The van der Waals surface area contributed by atoms with Gasteiger partial charge in [-0.1, -0.05) is 48.0 Å². The summed E-state index contributed by atoms with van der Waals surface area (Å²) in [6.07, 6.45) is 1.23. The number of fused-ring (bicyclic) bond motifs is 1. The number of benzene rings is 2. The second kappa shape index (κ2) is 4.72. The third-order valence-corrected chi connectivity index (χ3v) is 4.41. The first-order chi connectivity index (χ1) is 9.49. The molecule has 0 saturated carbocycles. The maximum absolute atomic E-state index is 11.1. The minimum atomic E-state index is -0.839. The zero-order chi connectivity index (χ0) is 14.3. The molecule has 0 bridgehead atoms. The Labute approximate surface area is 120 Å². The molecule has 2 unspecified atom stereocenters. The predicted octanol–water partition coefficient (Wildman–Crippen LogP) is 3.14. The van der Waals surface area contributed by atoms with Crippen molar-refractivity contribution in [3.8, 4) is 0 Å². The van der Waals surface area contributed by atoms with Crippen LogP contribution in [0.5, 0.6) is 0 Å². The zero-order valence-corrected chi connectivity index (χ0v) is 12.1. The van der Waals surface area contributed by atoms with E-state index in [0.29, 0.717) is 12.8 Å². The summed E-state index contributed by atoms with van der Waals surface area (Å²) in [5.41, 5.74) is 11.1. The van der Waals surface area contributed by atoms with Gasteiger partial charge in [0.15, 0.2) is 0 Å². The maximum Gasteiger partial charge on any atom is 0.0958 e. The van der Waals surface area contributed by atoms with Gasteiger partial charge in [-0.15, -0.1) is 0 Å². The first kappa shape index (κ1) is 13.3. The molecule has 0 aromatic heterocycles. The van der Waals surface area contributed by atoms with Crippen LogP contribution in [0.3, 0.4) is 0 Å². The summed E-state index contributed by atoms with van der Waals surface area (Å²) in [5.74, 6) is 0. The summed E-state index contributed by atoms with van der Waals surface area (Å²) in [6, 6.07) is 14.3. The van der Waals surface area contributed by atoms with E-state index in [1.165, 1.54) is 16.7 Å². The molecule has 20 heavy (non-hydrogen) atoms. The highest BCUT2D eigenvalue weighted by Gasteiger charge is 2.40. The van der Waals surface area contributed by atoms with Gasteiger partial charge in [0.1, 0.15) is 0 Å². The van der Waals surface area contributed by atoms with Crippen LogP contribution in [0, 0.1) is 13.8 Å². The molecule has 3 N–H and O–H groups in total. The molecular formula is C18H21NO. The van der Waals surface area contributed by atoms with Crippen LogP contribution in [0.25, 0.3) is 0 Å². The van der Waals surface area contributed by atoms with Gasteiger partial charge >= 0.3 is 0 Å². The Kier molecular flexibility index (Phi) is 3.15. The summed E-state index contributed by atoms with van der Waals surface area (Å²) in [5, 5.41) is 11.1. The lowest BCUT2D eigenvalue weighted by Gasteiger charge is -2.25. The molecule has 0 heterocycles. The standard InChI is InChI=1S/C18H21NO/c1-12-7-8-13(2)14(9-12)10-18(20)11-17(19)15-5-3-4-6-16(15)18/h3-9,17,20H,10-11,19H2,1-2H3. The Morgan fingerprint density at radius 1 is 1.20 bits per heavy atom. The van der Waals surface area contributed by atoms with Crippen LogP contribution in [-0.2, 0) is 12.0 Å². The van der Waals surface area contributed by atoms with Crippen LogP contribution in [0.1, 0.15) is 40.3 Å². The van der Waals surface area contributed by atoms with Crippen molar-refractivity contribution in [1.29, 1.82) is 0 Å². The van der Waals surface area contributed by atoms with E-state index in [-0.39, 0.29) is 6.04 Å². The molecule has 1 aliphatic rings. The molecule has 2 atom stereocenters. The molecular weight excluding hydrogens is 246 g/mol. The van der Waals surface area contributed by atoms with Gasteiger partial charge < -0.3 is 10.8 Å². The molecule has 0 amide bonds. The van der Waals surface area contributed by atoms with Crippen molar-refractivity contribution in [1.82, 2.24) is 0 Å². The van der Waals surface area contributed by atoms with Gasteiger partial charge in [-0.25, -0.2) is 0 Å². The largest absolute Gasteiger partial charge is 0.385 e. The van der Waals surface area contributed by atoms with E-state index in [2.05, 4.69) is 32.0 Å². The first-order valence-corrected chi connectivity index (χ1v) is 7.13. The quantitative estimate of drug-likeness (QED) is 0.878. The fourth-order valence-electron chi connectivity index (χ4n) is 3.30. The van der Waals surface area contributed by atoms with Crippen LogP contribution in [0.4, 0.5) is 0 Å². The molecule has 2 nitrogen and oxygen atoms in total. The Morgan fingerprint density at radius 2 is 1.95 bits per heavy atom. The first-order valence-electron chi connectivity index (χ1n) is 7.13. The van der Waals surface area contributed by atoms with Crippen molar-refractivity contribution in [2.24, 2.45) is 5.73 Å². The molecule has 0 saturated heterocycles. The Balaban J connectivity index is 2.01. The van der Waals surface area contributed by atoms with Crippen molar-refractivity contribution in [3.05, 3.63) is 70.3 Å². The highest BCUT2D eigenvalue weighted by molar-refractivity contribution is 5.42. The summed E-state index contributed by atoms with van der Waals surface area (Å²) in [4.78, 5) is 0. The Morgan fingerprint density at radius 3 is 2.75 bits per heavy atom. The average molecular weight is 267 g/mol. The molecule has 0 aliphatic heterocycles. The minimum Gasteiger partial charge on any atom is -0.385 e. The number of hydrogen-bond donors (Lipinski definition) is 2. The third-order valence-electron chi connectivity index (χ3n) is 4.41. The molecule has 1 aliphatic carbocycles. The van der Waals surface area contributed by atoms with Crippen LogP contribution >= 0.6 is 0 Å². The predicted molar refractivity (Wildman–Crippen MR) is 81.5 cm³/mol. The number of nitrogens with two attached hydrogens (primary N) is 1. The number of aliphatic hydroxyl groups is 1. The molecule has 104 valence electrons. The second-order valence-electron chi connectivity index (χ2n) is 6.04. The molecule has 0 spiro atoms. The van der Waals surface area contributed by atoms with Crippen molar-refractivity contribution >= 4 is 0 Å². The van der Waals surface area contributed by atoms with Crippen molar-refractivity contribution in [2.75, 3.05) is 0 Å². The van der Waals surface area contributed by atoms with Gasteiger partial charge in [0.25, 0.3) is 0 Å². The van der Waals surface area contributed by atoms with Gasteiger partial charge in [0, 0.05) is 12.5 Å². The van der Waals surface area contributed by atoms with E-state index in [9.17, 15) is 5.11 Å². The van der Waals surface area contributed by atoms with Crippen LogP contribution in [0.2, 0.25) is 0 Å². The van der Waals surface area contributed by atoms with Crippen LogP contribution in [0.15, 0.2) is 42.5 Å². The lowest BCUT2D eigenvalue weighted by Crippen LogP contribution is -2.27. The Hall–Kier alpha value is -1.64. The topological polar surface area (TPSA) is 46.2 Å². The van der Waals surface area contributed by atoms with Gasteiger partial charge in [0.05, 0.1) is 5.60 Å². The third kappa shape index (κ3) is 2.15. The van der Waals surface area contributed by atoms with Gasteiger partial charge in [-0.05, 0) is 42.5 Å². The van der Waals surface area contributed by atoms with E-state index in [1.54, 1.807) is 0 Å². The molecule has 2 aromatic carbocycles. The SMILES string of the molecule is Cc1ccc(C)c(CC2(O)CC(N)c3ccccc32)c1. The smallest absolute Gasteiger partial charge is 0.0958 e. The number of hydrogen-bond acceptors (Lipinski definition) is 2. The van der Waals surface area contributed by atoms with Gasteiger partial charge in [-0.3, -0.25) is 0 Å². The fraction of sp³-hybridized carbons (Fsp3) is 0.333. The summed E-state index contributed by atoms with van der Waals surface area (Å²) in [7, 11) is 0. The van der Waals surface area contributed by atoms with Crippen LogP contribution < -0.4 is 5.73 Å². The second-order valence-corrected chi connectivity index (χ2v) is 6.04. The summed E-state index contributed by atoms with van der Waals surface area (Å²) < 4.78 is 0. The summed E-state index contributed by atoms with van der Waals surface area (Å²) >= 11 is 0. The lowest BCUT2D eigenvalue weighted by atomic mass is 9.86. The lowest BCUT2D eigenvalue weighted by molar-refractivity contribution is 0.0340. The normalized spacial score (nSPS) is 24.7. The number of aryl methyl sites for hydroxylation is 2. The van der Waals surface area contributed by atoms with E-state index < -0.39 is 5.60 Å². The molecule has 2 heteroatoms. The van der Waals surface area contributed by atoms with E-state index in [1.807, 2.05) is 24.3 Å². The van der Waals surface area contributed by atoms with E-state index in [4.69, 9.17) is 5.73 Å². The fourth-order valence-corrected chi connectivity index (χ4v) is 3.30. The molecule has 2 aromatic rings. The number of rotatable bonds is 2. The Bertz CT molecular complexity index is 650. The van der Waals surface area contributed by atoms with Crippen LogP contribution in [-0.4, -0.2) is 5.11 Å². The maximum atomic E-state index is 11.1. The monoisotopic (exact) mass is 267 g/mol. The van der Waals surface area contributed by atoms with Crippen molar-refractivity contribution in [2.45, 2.75) is 38.3 Å². The van der Waals surface area contributed by atoms with E-state index in [0.717, 1.165) is 11.1 Å².